The number of benzene rings is 2. The first-order valence-corrected chi connectivity index (χ1v) is 6.57. The molecule has 0 aliphatic rings. The van der Waals surface area contributed by atoms with Crippen LogP contribution in [0.3, 0.4) is 0 Å². The number of rotatable bonds is 6. The number of hydrogen-bond donors (Lipinski definition) is 2. The van der Waals surface area contributed by atoms with Crippen molar-refractivity contribution in [2.24, 2.45) is 0 Å². The molecule has 2 rings (SSSR count). The molecule has 0 aliphatic carbocycles. The standard InChI is InChI=1S/C15H10ClFO6/c16-9-1-5-11(6-2-9)22-15(13(18)19,14(20)21)23-12-7-3-10(17)4-8-12/h1-8H,(H,18,19)(H,20,21). The molecule has 0 saturated heterocycles. The zero-order chi connectivity index (χ0) is 17.0. The normalized spacial score (nSPS) is 10.9. The average molecular weight is 341 g/mol. The second-order valence-corrected chi connectivity index (χ2v) is 4.78. The maximum Gasteiger partial charge on any atom is 0.452 e. The van der Waals surface area contributed by atoms with Crippen LogP contribution in [0, 0.1) is 5.82 Å². The molecular formula is C15H10ClFO6. The van der Waals surface area contributed by atoms with E-state index in [1.807, 2.05) is 0 Å². The fourth-order valence-electron chi connectivity index (χ4n) is 1.62. The summed E-state index contributed by atoms with van der Waals surface area (Å²) in [5.41, 5.74) is 0. The molecule has 8 heteroatoms. The number of ether oxygens (including phenoxy) is 2. The molecule has 0 aliphatic heterocycles. The van der Waals surface area contributed by atoms with Gasteiger partial charge in [-0.2, -0.15) is 0 Å². The van der Waals surface area contributed by atoms with Crippen molar-refractivity contribution in [1.82, 2.24) is 0 Å². The lowest BCUT2D eigenvalue weighted by atomic mass is 10.2. The lowest BCUT2D eigenvalue weighted by Gasteiger charge is -2.26. The minimum atomic E-state index is -3.04. The molecule has 0 atom stereocenters. The lowest BCUT2D eigenvalue weighted by Crippen LogP contribution is -2.56. The minimum Gasteiger partial charge on any atom is -0.475 e. The molecule has 0 amide bonds. The molecule has 23 heavy (non-hydrogen) atoms. The van der Waals surface area contributed by atoms with Gasteiger partial charge in [0.1, 0.15) is 17.3 Å². The van der Waals surface area contributed by atoms with Crippen LogP contribution in [0.2, 0.25) is 5.02 Å². The van der Waals surface area contributed by atoms with E-state index in [0.717, 1.165) is 24.3 Å². The fraction of sp³-hybridized carbons (Fsp3) is 0.0667. The van der Waals surface area contributed by atoms with Gasteiger partial charge >= 0.3 is 17.7 Å². The van der Waals surface area contributed by atoms with E-state index in [1.165, 1.54) is 24.3 Å². The maximum atomic E-state index is 12.9. The highest BCUT2D eigenvalue weighted by molar-refractivity contribution is 6.30. The zero-order valence-electron chi connectivity index (χ0n) is 11.4. The summed E-state index contributed by atoms with van der Waals surface area (Å²) in [6.45, 7) is 0. The Balaban J connectivity index is 2.38. The Kier molecular flexibility index (Phi) is 4.71. The second kappa shape index (κ2) is 6.53. The van der Waals surface area contributed by atoms with Crippen molar-refractivity contribution >= 4 is 23.5 Å². The molecule has 2 aromatic rings. The van der Waals surface area contributed by atoms with Gasteiger partial charge in [-0.15, -0.1) is 0 Å². The molecule has 0 fully saturated rings. The third-order valence-corrected chi connectivity index (χ3v) is 2.97. The summed E-state index contributed by atoms with van der Waals surface area (Å²) in [6.07, 6.45) is 0. The highest BCUT2D eigenvalue weighted by Crippen LogP contribution is 2.25. The van der Waals surface area contributed by atoms with E-state index in [1.54, 1.807) is 0 Å². The highest BCUT2D eigenvalue weighted by Gasteiger charge is 2.53. The second-order valence-electron chi connectivity index (χ2n) is 4.34. The van der Waals surface area contributed by atoms with Crippen LogP contribution >= 0.6 is 11.6 Å². The van der Waals surface area contributed by atoms with Gasteiger partial charge in [0.15, 0.2) is 0 Å². The zero-order valence-corrected chi connectivity index (χ0v) is 12.2. The molecular weight excluding hydrogens is 331 g/mol. The summed E-state index contributed by atoms with van der Waals surface area (Å²) >= 11 is 5.70. The van der Waals surface area contributed by atoms with Crippen LogP contribution in [0.5, 0.6) is 11.5 Å². The molecule has 0 radical (unpaired) electrons. The van der Waals surface area contributed by atoms with Crippen molar-refractivity contribution in [3.8, 4) is 11.5 Å². The van der Waals surface area contributed by atoms with Crippen LogP contribution in [0.25, 0.3) is 0 Å². The maximum absolute atomic E-state index is 12.9. The van der Waals surface area contributed by atoms with Crippen molar-refractivity contribution in [3.63, 3.8) is 0 Å². The van der Waals surface area contributed by atoms with E-state index >= 15 is 0 Å². The average Bonchev–Trinajstić information content (AvgIpc) is 2.50. The van der Waals surface area contributed by atoms with Crippen LogP contribution in [0.1, 0.15) is 0 Å². The predicted octanol–water partition coefficient (Wildman–Crippen LogP) is 2.80. The summed E-state index contributed by atoms with van der Waals surface area (Å²) in [5.74, 6) is -7.67. The van der Waals surface area contributed by atoms with Gasteiger partial charge in [0, 0.05) is 5.02 Å². The monoisotopic (exact) mass is 340 g/mol. The Hall–Kier alpha value is -2.80. The Labute approximate surface area is 134 Å². The summed E-state index contributed by atoms with van der Waals surface area (Å²) in [7, 11) is 0. The van der Waals surface area contributed by atoms with Crippen LogP contribution in [-0.2, 0) is 9.59 Å². The number of carboxylic acid groups (broad SMARTS) is 2. The molecule has 0 heterocycles. The first-order valence-electron chi connectivity index (χ1n) is 6.19. The summed E-state index contributed by atoms with van der Waals surface area (Å²) in [5, 5.41) is 18.9. The Morgan fingerprint density at radius 3 is 1.65 bits per heavy atom. The van der Waals surface area contributed by atoms with E-state index in [4.69, 9.17) is 21.1 Å². The summed E-state index contributed by atoms with van der Waals surface area (Å²) in [4.78, 5) is 22.9. The van der Waals surface area contributed by atoms with Crippen LogP contribution in [0.4, 0.5) is 4.39 Å². The van der Waals surface area contributed by atoms with E-state index in [0.29, 0.717) is 5.02 Å². The number of hydrogen-bond acceptors (Lipinski definition) is 4. The van der Waals surface area contributed by atoms with E-state index in [-0.39, 0.29) is 11.5 Å². The van der Waals surface area contributed by atoms with Gasteiger partial charge in [-0.05, 0) is 48.5 Å². The molecule has 120 valence electrons. The van der Waals surface area contributed by atoms with Gasteiger partial charge in [0.2, 0.25) is 0 Å². The largest absolute Gasteiger partial charge is 0.475 e. The SMILES string of the molecule is O=C(O)C(Oc1ccc(F)cc1)(Oc1ccc(Cl)cc1)C(=O)O. The van der Waals surface area contributed by atoms with Crippen molar-refractivity contribution in [3.05, 3.63) is 59.4 Å². The summed E-state index contributed by atoms with van der Waals surface area (Å²) in [6, 6.07) is 9.51. The topological polar surface area (TPSA) is 93.1 Å². The summed E-state index contributed by atoms with van der Waals surface area (Å²) < 4.78 is 22.9. The van der Waals surface area contributed by atoms with Crippen LogP contribution in [-0.4, -0.2) is 27.9 Å². The third-order valence-electron chi connectivity index (χ3n) is 2.71. The van der Waals surface area contributed by atoms with Crippen LogP contribution in [0.15, 0.2) is 48.5 Å². The van der Waals surface area contributed by atoms with Crippen molar-refractivity contribution in [2.45, 2.75) is 5.79 Å². The molecule has 6 nitrogen and oxygen atoms in total. The van der Waals surface area contributed by atoms with Crippen molar-refractivity contribution in [1.29, 1.82) is 0 Å². The van der Waals surface area contributed by atoms with Crippen LogP contribution < -0.4 is 9.47 Å². The highest BCUT2D eigenvalue weighted by atomic mass is 35.5. The van der Waals surface area contributed by atoms with E-state index in [9.17, 15) is 24.2 Å². The predicted molar refractivity (Wildman–Crippen MR) is 77.1 cm³/mol. The van der Waals surface area contributed by atoms with Gasteiger partial charge in [-0.25, -0.2) is 14.0 Å². The Morgan fingerprint density at radius 2 is 1.26 bits per heavy atom. The van der Waals surface area contributed by atoms with Gasteiger partial charge in [0.05, 0.1) is 0 Å². The molecule has 0 aromatic heterocycles. The first kappa shape index (κ1) is 16.6. The first-order chi connectivity index (χ1) is 10.8. The van der Waals surface area contributed by atoms with Crippen molar-refractivity contribution in [2.75, 3.05) is 0 Å². The molecule has 0 saturated carbocycles. The molecule has 2 N–H and O–H groups in total. The quantitative estimate of drug-likeness (QED) is 0.620. The number of carboxylic acids is 2. The smallest absolute Gasteiger partial charge is 0.452 e. The van der Waals surface area contributed by atoms with Gasteiger partial charge in [0.25, 0.3) is 0 Å². The fourth-order valence-corrected chi connectivity index (χ4v) is 1.75. The number of aliphatic carboxylic acids is 2. The van der Waals surface area contributed by atoms with E-state index < -0.39 is 23.5 Å². The molecule has 0 unspecified atom stereocenters. The van der Waals surface area contributed by atoms with Crippen molar-refractivity contribution < 1.29 is 33.7 Å². The van der Waals surface area contributed by atoms with Gasteiger partial charge in [-0.3, -0.25) is 0 Å². The molecule has 0 spiro atoms. The minimum absolute atomic E-state index is 0.0821. The molecule has 0 bridgehead atoms. The Morgan fingerprint density at radius 1 is 0.870 bits per heavy atom. The third kappa shape index (κ3) is 3.70. The van der Waals surface area contributed by atoms with E-state index in [2.05, 4.69) is 0 Å². The molecule has 2 aromatic carbocycles. The van der Waals surface area contributed by atoms with Gasteiger partial charge < -0.3 is 19.7 Å². The lowest BCUT2D eigenvalue weighted by molar-refractivity contribution is -0.201. The van der Waals surface area contributed by atoms with Gasteiger partial charge in [-0.1, -0.05) is 11.6 Å². The Bertz CT molecular complexity index is 650. The number of carbonyl (C=O) groups is 2. The number of halogens is 2.